The summed E-state index contributed by atoms with van der Waals surface area (Å²) in [5.74, 6) is 0.653. The van der Waals surface area contributed by atoms with Crippen LogP contribution in [0, 0.1) is 0 Å². The molecule has 0 saturated carbocycles. The molecule has 0 aliphatic carbocycles. The summed E-state index contributed by atoms with van der Waals surface area (Å²) in [7, 11) is 0. The predicted molar refractivity (Wildman–Crippen MR) is 101 cm³/mol. The fraction of sp³-hybridized carbons (Fsp3) is 0.176. The second kappa shape index (κ2) is 8.00. The van der Waals surface area contributed by atoms with Crippen molar-refractivity contribution in [3.05, 3.63) is 57.3 Å². The number of thiophene rings is 1. The van der Waals surface area contributed by atoms with Crippen LogP contribution < -0.4 is 5.32 Å². The fourth-order valence-corrected chi connectivity index (χ4v) is 3.81. The molecule has 1 N–H and O–H groups in total. The van der Waals surface area contributed by atoms with Gasteiger partial charge in [0.25, 0.3) is 5.22 Å². The van der Waals surface area contributed by atoms with E-state index < -0.39 is 0 Å². The number of benzene rings is 1. The first kappa shape index (κ1) is 17.3. The van der Waals surface area contributed by atoms with Crippen molar-refractivity contribution in [2.24, 2.45) is 0 Å². The van der Waals surface area contributed by atoms with Crippen molar-refractivity contribution >= 4 is 44.9 Å². The number of aromatic nitrogens is 1. The molecule has 1 amide bonds. The molecule has 1 atom stereocenters. The van der Waals surface area contributed by atoms with E-state index in [1.807, 2.05) is 48.7 Å². The Morgan fingerprint density at radius 1 is 1.42 bits per heavy atom. The highest BCUT2D eigenvalue weighted by Crippen LogP contribution is 2.29. The van der Waals surface area contributed by atoms with Crippen LogP contribution in [-0.2, 0) is 11.3 Å². The van der Waals surface area contributed by atoms with Gasteiger partial charge in [0.05, 0.1) is 18.0 Å². The molecule has 0 bridgehead atoms. The SMILES string of the molecule is C[C@H](Sc1ncc(-c2cccc(Br)c2)o1)C(=O)NCc1cccs1. The Morgan fingerprint density at radius 2 is 2.29 bits per heavy atom. The van der Waals surface area contributed by atoms with Crippen molar-refractivity contribution in [1.29, 1.82) is 0 Å². The molecule has 124 valence electrons. The van der Waals surface area contributed by atoms with E-state index in [4.69, 9.17) is 4.42 Å². The van der Waals surface area contributed by atoms with Gasteiger partial charge in [-0.05, 0) is 30.5 Å². The van der Waals surface area contributed by atoms with Gasteiger partial charge in [0, 0.05) is 14.9 Å². The molecule has 3 aromatic rings. The minimum Gasteiger partial charge on any atom is -0.431 e. The van der Waals surface area contributed by atoms with Crippen LogP contribution in [0.4, 0.5) is 0 Å². The van der Waals surface area contributed by atoms with Crippen molar-refractivity contribution < 1.29 is 9.21 Å². The summed E-state index contributed by atoms with van der Waals surface area (Å²) >= 11 is 6.38. The predicted octanol–water partition coefficient (Wildman–Crippen LogP) is 4.96. The average Bonchev–Trinajstić information content (AvgIpc) is 3.24. The Kier molecular flexibility index (Phi) is 5.76. The van der Waals surface area contributed by atoms with Crippen LogP contribution in [0.2, 0.25) is 0 Å². The van der Waals surface area contributed by atoms with Gasteiger partial charge in [-0.2, -0.15) is 0 Å². The number of nitrogens with zero attached hydrogens (tertiary/aromatic N) is 1. The van der Waals surface area contributed by atoms with Crippen molar-refractivity contribution in [2.45, 2.75) is 23.9 Å². The van der Waals surface area contributed by atoms with Crippen LogP contribution in [0.25, 0.3) is 11.3 Å². The average molecular weight is 423 g/mol. The van der Waals surface area contributed by atoms with E-state index in [1.54, 1.807) is 17.5 Å². The van der Waals surface area contributed by atoms with Crippen molar-refractivity contribution in [2.75, 3.05) is 0 Å². The van der Waals surface area contributed by atoms with Gasteiger partial charge in [0.15, 0.2) is 5.76 Å². The summed E-state index contributed by atoms with van der Waals surface area (Å²) < 4.78 is 6.73. The van der Waals surface area contributed by atoms with E-state index >= 15 is 0 Å². The second-order valence-corrected chi connectivity index (χ2v) is 8.30. The lowest BCUT2D eigenvalue weighted by molar-refractivity contribution is -0.120. The molecule has 0 spiro atoms. The lowest BCUT2D eigenvalue weighted by Gasteiger charge is -2.09. The number of hydrogen-bond acceptors (Lipinski definition) is 5. The van der Waals surface area contributed by atoms with E-state index in [2.05, 4.69) is 26.2 Å². The van der Waals surface area contributed by atoms with Crippen molar-refractivity contribution in [3.63, 3.8) is 0 Å². The van der Waals surface area contributed by atoms with Crippen LogP contribution in [0.15, 0.2) is 62.1 Å². The van der Waals surface area contributed by atoms with Gasteiger partial charge in [-0.3, -0.25) is 4.79 Å². The molecule has 0 fully saturated rings. The summed E-state index contributed by atoms with van der Waals surface area (Å²) in [4.78, 5) is 17.6. The Balaban J connectivity index is 1.58. The van der Waals surface area contributed by atoms with Gasteiger partial charge < -0.3 is 9.73 Å². The lowest BCUT2D eigenvalue weighted by atomic mass is 10.2. The molecule has 7 heteroatoms. The quantitative estimate of drug-likeness (QED) is 0.570. The van der Waals surface area contributed by atoms with Crippen LogP contribution in [0.5, 0.6) is 0 Å². The summed E-state index contributed by atoms with van der Waals surface area (Å²) in [5, 5.41) is 5.13. The number of nitrogens with one attached hydrogen (secondary N) is 1. The Morgan fingerprint density at radius 3 is 3.04 bits per heavy atom. The third-order valence-electron chi connectivity index (χ3n) is 3.26. The third kappa shape index (κ3) is 4.49. The molecule has 0 saturated heterocycles. The molecule has 3 rings (SSSR count). The first-order valence-electron chi connectivity index (χ1n) is 7.30. The molecule has 24 heavy (non-hydrogen) atoms. The number of carbonyl (C=O) groups excluding carboxylic acids is 1. The molecule has 4 nitrogen and oxygen atoms in total. The van der Waals surface area contributed by atoms with Crippen LogP contribution in [0.1, 0.15) is 11.8 Å². The maximum Gasteiger partial charge on any atom is 0.256 e. The maximum absolute atomic E-state index is 12.2. The smallest absolute Gasteiger partial charge is 0.256 e. The monoisotopic (exact) mass is 422 g/mol. The Labute approximate surface area is 156 Å². The number of hydrogen-bond donors (Lipinski definition) is 1. The van der Waals surface area contributed by atoms with Gasteiger partial charge in [-0.15, -0.1) is 11.3 Å². The van der Waals surface area contributed by atoms with Gasteiger partial charge in [-0.25, -0.2) is 4.98 Å². The number of halogens is 1. The van der Waals surface area contributed by atoms with Crippen LogP contribution >= 0.6 is 39.0 Å². The number of amides is 1. The van der Waals surface area contributed by atoms with Gasteiger partial charge in [0.1, 0.15) is 0 Å². The minimum atomic E-state index is -0.279. The molecule has 2 aromatic heterocycles. The van der Waals surface area contributed by atoms with Gasteiger partial charge in [-0.1, -0.05) is 45.9 Å². The van der Waals surface area contributed by atoms with E-state index in [0.29, 0.717) is 17.5 Å². The lowest BCUT2D eigenvalue weighted by Crippen LogP contribution is -2.30. The highest BCUT2D eigenvalue weighted by Gasteiger charge is 2.18. The van der Waals surface area contributed by atoms with Gasteiger partial charge >= 0.3 is 0 Å². The van der Waals surface area contributed by atoms with E-state index in [-0.39, 0.29) is 11.2 Å². The second-order valence-electron chi connectivity index (χ2n) is 5.06. The topological polar surface area (TPSA) is 55.1 Å². The van der Waals surface area contributed by atoms with E-state index in [1.165, 1.54) is 11.8 Å². The van der Waals surface area contributed by atoms with E-state index in [0.717, 1.165) is 14.9 Å². The van der Waals surface area contributed by atoms with Crippen molar-refractivity contribution in [3.8, 4) is 11.3 Å². The third-order valence-corrected chi connectivity index (χ3v) is 5.59. The molecular weight excluding hydrogens is 408 g/mol. The first-order chi connectivity index (χ1) is 11.6. The fourth-order valence-electron chi connectivity index (χ4n) is 2.02. The molecule has 0 aliphatic rings. The van der Waals surface area contributed by atoms with E-state index in [9.17, 15) is 4.79 Å². The largest absolute Gasteiger partial charge is 0.431 e. The summed E-state index contributed by atoms with van der Waals surface area (Å²) in [6.45, 7) is 2.40. The summed E-state index contributed by atoms with van der Waals surface area (Å²) in [6.07, 6.45) is 1.68. The molecule has 1 aromatic carbocycles. The number of oxazole rings is 1. The molecule has 0 radical (unpaired) electrons. The first-order valence-corrected chi connectivity index (χ1v) is 9.85. The molecule has 2 heterocycles. The highest BCUT2D eigenvalue weighted by atomic mass is 79.9. The Bertz CT molecular complexity index is 818. The van der Waals surface area contributed by atoms with Crippen LogP contribution in [0.3, 0.4) is 0 Å². The number of carbonyl (C=O) groups is 1. The summed E-state index contributed by atoms with van der Waals surface area (Å²) in [5.41, 5.74) is 0.943. The van der Waals surface area contributed by atoms with Crippen LogP contribution in [-0.4, -0.2) is 16.1 Å². The standard InChI is InChI=1S/C17H15BrN2O2S2/c1-11(16(21)19-9-14-6-3-7-23-14)24-17-20-10-15(22-17)12-4-2-5-13(18)8-12/h2-8,10-11H,9H2,1H3,(H,19,21)/t11-/m0/s1. The van der Waals surface area contributed by atoms with Crippen molar-refractivity contribution in [1.82, 2.24) is 10.3 Å². The number of rotatable bonds is 6. The molecule has 0 unspecified atom stereocenters. The summed E-state index contributed by atoms with van der Waals surface area (Å²) in [6, 6.07) is 11.8. The highest BCUT2D eigenvalue weighted by molar-refractivity contribution is 9.10. The normalized spacial score (nSPS) is 12.1. The minimum absolute atomic E-state index is 0.0318. The molecular formula is C17H15BrN2O2S2. The molecule has 0 aliphatic heterocycles. The zero-order valence-corrected chi connectivity index (χ0v) is 16.1. The number of thioether (sulfide) groups is 1. The zero-order valence-electron chi connectivity index (χ0n) is 12.9. The Hall–Kier alpha value is -1.57. The maximum atomic E-state index is 12.2. The van der Waals surface area contributed by atoms with Gasteiger partial charge in [0.2, 0.25) is 5.91 Å². The zero-order chi connectivity index (χ0) is 16.9.